The molecule has 4 rings (SSSR count). The van der Waals surface area contributed by atoms with Crippen LogP contribution in [0.15, 0.2) is 22.8 Å². The van der Waals surface area contributed by atoms with Gasteiger partial charge in [-0.2, -0.15) is 0 Å². The standard InChI is InChI=1S/C20H25ClO4/c1-11(22)20(24)7-5-14-12-8-16(21)15-9-17(23)25-10-18(15,2)13(12)4-6-19(14,20)3/h8-9,12-14,24H,4-7,10H2,1-3H3/t12-,13+,14+,18-,19+,20+/m1/s1. The molecule has 1 heterocycles. The van der Waals surface area contributed by atoms with E-state index in [1.807, 2.05) is 0 Å². The Morgan fingerprint density at radius 2 is 1.96 bits per heavy atom. The highest BCUT2D eigenvalue weighted by molar-refractivity contribution is 6.32. The van der Waals surface area contributed by atoms with Gasteiger partial charge in [0.05, 0.1) is 0 Å². The molecule has 0 aromatic rings. The third-order valence-corrected chi connectivity index (χ3v) is 8.20. The fraction of sp³-hybridized carbons (Fsp3) is 0.700. The van der Waals surface area contributed by atoms with E-state index in [9.17, 15) is 14.7 Å². The molecule has 136 valence electrons. The van der Waals surface area contributed by atoms with E-state index in [0.29, 0.717) is 24.0 Å². The minimum Gasteiger partial charge on any atom is -0.462 e. The van der Waals surface area contributed by atoms with Crippen LogP contribution in [-0.2, 0) is 14.3 Å². The number of ketones is 1. The number of fused-ring (bicyclic) bond motifs is 5. The lowest BCUT2D eigenvalue weighted by Crippen LogP contribution is -2.57. The molecule has 0 aromatic heterocycles. The van der Waals surface area contributed by atoms with Crippen molar-refractivity contribution in [2.45, 2.75) is 52.1 Å². The molecule has 0 amide bonds. The van der Waals surface area contributed by atoms with Crippen molar-refractivity contribution < 1.29 is 19.4 Å². The Balaban J connectivity index is 1.80. The van der Waals surface area contributed by atoms with Gasteiger partial charge in [-0.25, -0.2) is 4.79 Å². The topological polar surface area (TPSA) is 63.6 Å². The van der Waals surface area contributed by atoms with Crippen LogP contribution in [0.1, 0.15) is 46.5 Å². The van der Waals surface area contributed by atoms with Crippen LogP contribution in [0.4, 0.5) is 0 Å². The van der Waals surface area contributed by atoms with Gasteiger partial charge in [0.25, 0.3) is 0 Å². The molecular formula is C20H25ClO4. The number of carbonyl (C=O) groups is 2. The molecule has 3 aliphatic carbocycles. The molecule has 2 fully saturated rings. The van der Waals surface area contributed by atoms with Crippen molar-refractivity contribution in [2.24, 2.45) is 28.6 Å². The molecule has 0 radical (unpaired) electrons. The number of esters is 1. The summed E-state index contributed by atoms with van der Waals surface area (Å²) in [7, 11) is 0. The molecule has 1 aliphatic heterocycles. The first-order valence-electron chi connectivity index (χ1n) is 9.13. The smallest absolute Gasteiger partial charge is 0.331 e. The van der Waals surface area contributed by atoms with Crippen LogP contribution in [-0.4, -0.2) is 29.1 Å². The van der Waals surface area contributed by atoms with Crippen LogP contribution in [0.25, 0.3) is 0 Å². The van der Waals surface area contributed by atoms with E-state index in [1.165, 1.54) is 13.0 Å². The number of aliphatic hydroxyl groups is 1. The van der Waals surface area contributed by atoms with Crippen molar-refractivity contribution in [1.82, 2.24) is 0 Å². The zero-order valence-corrected chi connectivity index (χ0v) is 15.7. The van der Waals surface area contributed by atoms with Gasteiger partial charge in [0.15, 0.2) is 5.78 Å². The van der Waals surface area contributed by atoms with Crippen molar-refractivity contribution in [3.63, 3.8) is 0 Å². The van der Waals surface area contributed by atoms with Gasteiger partial charge < -0.3 is 9.84 Å². The van der Waals surface area contributed by atoms with Gasteiger partial charge in [0, 0.05) is 21.9 Å². The number of rotatable bonds is 1. The molecule has 4 aliphatic rings. The second-order valence-corrected chi connectivity index (χ2v) is 9.21. The first-order chi connectivity index (χ1) is 11.6. The molecule has 0 unspecified atom stereocenters. The minimum atomic E-state index is -1.24. The van der Waals surface area contributed by atoms with Crippen molar-refractivity contribution >= 4 is 23.4 Å². The quantitative estimate of drug-likeness (QED) is 0.724. The highest BCUT2D eigenvalue weighted by Crippen LogP contribution is 2.66. The maximum atomic E-state index is 12.2. The first kappa shape index (κ1) is 17.3. The van der Waals surface area contributed by atoms with Gasteiger partial charge in [-0.1, -0.05) is 31.5 Å². The number of carbonyl (C=O) groups excluding carboxylic acids is 2. The largest absolute Gasteiger partial charge is 0.462 e. The van der Waals surface area contributed by atoms with Crippen LogP contribution in [0.3, 0.4) is 0 Å². The van der Waals surface area contributed by atoms with E-state index in [-0.39, 0.29) is 29.0 Å². The third kappa shape index (κ3) is 2.04. The van der Waals surface area contributed by atoms with Gasteiger partial charge >= 0.3 is 5.97 Å². The van der Waals surface area contributed by atoms with Crippen molar-refractivity contribution in [2.75, 3.05) is 6.61 Å². The van der Waals surface area contributed by atoms with Crippen molar-refractivity contribution in [3.05, 3.63) is 22.8 Å². The number of hydrogen-bond donors (Lipinski definition) is 1. The summed E-state index contributed by atoms with van der Waals surface area (Å²) in [4.78, 5) is 23.9. The number of Topliss-reactive ketones (excluding diaryl/α,β-unsaturated/α-hetero) is 1. The first-order valence-corrected chi connectivity index (χ1v) is 9.51. The zero-order valence-electron chi connectivity index (χ0n) is 15.0. The van der Waals surface area contributed by atoms with Gasteiger partial charge in [-0.15, -0.1) is 0 Å². The second-order valence-electron chi connectivity index (χ2n) is 8.80. The highest BCUT2D eigenvalue weighted by atomic mass is 35.5. The highest BCUT2D eigenvalue weighted by Gasteiger charge is 2.65. The Bertz CT molecular complexity index is 725. The lowest BCUT2D eigenvalue weighted by Gasteiger charge is -2.56. The average Bonchev–Trinajstić information content (AvgIpc) is 2.83. The summed E-state index contributed by atoms with van der Waals surface area (Å²) < 4.78 is 5.36. The van der Waals surface area contributed by atoms with E-state index in [1.54, 1.807) is 0 Å². The predicted molar refractivity (Wildman–Crippen MR) is 93.8 cm³/mol. The average molecular weight is 365 g/mol. The number of ether oxygens (including phenoxy) is 1. The Hall–Kier alpha value is -1.13. The van der Waals surface area contributed by atoms with Crippen molar-refractivity contribution in [3.8, 4) is 0 Å². The molecule has 0 spiro atoms. The van der Waals surface area contributed by atoms with Crippen LogP contribution in [0, 0.1) is 28.6 Å². The van der Waals surface area contributed by atoms with Crippen LogP contribution < -0.4 is 0 Å². The third-order valence-electron chi connectivity index (χ3n) is 7.87. The fourth-order valence-corrected chi connectivity index (χ4v) is 6.71. The molecule has 0 bridgehead atoms. The maximum absolute atomic E-state index is 12.2. The number of allylic oxidation sites excluding steroid dienone is 2. The van der Waals surface area contributed by atoms with Gasteiger partial charge in [-0.3, -0.25) is 4.79 Å². The SMILES string of the molecule is CC(=O)[C@@]1(O)CC[C@H]2[C@@H]3C=C(Cl)C4=CC(=O)OC[C@]4(C)[C@H]3CC[C@@]21C. The Labute approximate surface area is 153 Å². The van der Waals surface area contributed by atoms with E-state index >= 15 is 0 Å². The minimum absolute atomic E-state index is 0.125. The van der Waals surface area contributed by atoms with E-state index in [2.05, 4.69) is 19.9 Å². The Morgan fingerprint density at radius 3 is 2.64 bits per heavy atom. The molecule has 4 nitrogen and oxygen atoms in total. The lowest BCUT2D eigenvalue weighted by molar-refractivity contribution is -0.159. The van der Waals surface area contributed by atoms with Gasteiger partial charge in [0.2, 0.25) is 0 Å². The monoisotopic (exact) mass is 364 g/mol. The van der Waals surface area contributed by atoms with Crippen LogP contribution >= 0.6 is 11.6 Å². The molecule has 0 aromatic carbocycles. The fourth-order valence-electron chi connectivity index (χ4n) is 6.30. The van der Waals surface area contributed by atoms with E-state index < -0.39 is 11.0 Å². The van der Waals surface area contributed by atoms with Gasteiger partial charge in [0.1, 0.15) is 12.2 Å². The normalized spacial score (nSPS) is 48.5. The Morgan fingerprint density at radius 1 is 1.28 bits per heavy atom. The molecule has 2 saturated carbocycles. The molecule has 1 N–H and O–H groups in total. The molecular weight excluding hydrogens is 340 g/mol. The van der Waals surface area contributed by atoms with Crippen LogP contribution in [0.2, 0.25) is 0 Å². The predicted octanol–water partition coefficient (Wildman–Crippen LogP) is 3.37. The number of cyclic esters (lactones) is 1. The van der Waals surface area contributed by atoms with E-state index in [4.69, 9.17) is 16.3 Å². The maximum Gasteiger partial charge on any atom is 0.331 e. The number of hydrogen-bond acceptors (Lipinski definition) is 4. The molecule has 25 heavy (non-hydrogen) atoms. The second kappa shape index (κ2) is 5.20. The lowest BCUT2D eigenvalue weighted by atomic mass is 9.49. The Kier molecular flexibility index (Phi) is 3.60. The van der Waals surface area contributed by atoms with Crippen LogP contribution in [0.5, 0.6) is 0 Å². The summed E-state index contributed by atoms with van der Waals surface area (Å²) in [6.45, 7) is 6.06. The summed E-state index contributed by atoms with van der Waals surface area (Å²) >= 11 is 6.59. The summed E-state index contributed by atoms with van der Waals surface area (Å²) in [6, 6.07) is 0. The molecule has 0 saturated heterocycles. The van der Waals surface area contributed by atoms with Crippen molar-refractivity contribution in [1.29, 1.82) is 0 Å². The number of halogens is 1. The summed E-state index contributed by atoms with van der Waals surface area (Å²) in [6.07, 6.45) is 6.64. The summed E-state index contributed by atoms with van der Waals surface area (Å²) in [5.74, 6) is 0.260. The zero-order chi connectivity index (χ0) is 18.2. The summed E-state index contributed by atoms with van der Waals surface area (Å²) in [5.41, 5.74) is -1.06. The van der Waals surface area contributed by atoms with E-state index in [0.717, 1.165) is 24.8 Å². The molecule has 6 atom stereocenters. The van der Waals surface area contributed by atoms with Gasteiger partial charge in [-0.05, 0) is 55.9 Å². The molecule has 5 heteroatoms. The summed E-state index contributed by atoms with van der Waals surface area (Å²) in [5, 5.41) is 11.8.